The highest BCUT2D eigenvalue weighted by Crippen LogP contribution is 2.37. The van der Waals surface area contributed by atoms with Crippen LogP contribution in [0.2, 0.25) is 5.02 Å². The second-order valence-electron chi connectivity index (χ2n) is 10.2. The van der Waals surface area contributed by atoms with E-state index in [0.717, 1.165) is 64.7 Å². The average molecular weight is 545 g/mol. The quantitative estimate of drug-likeness (QED) is 0.238. The van der Waals surface area contributed by atoms with Crippen LogP contribution in [0.3, 0.4) is 0 Å². The molecule has 0 amide bonds. The van der Waals surface area contributed by atoms with Crippen LogP contribution in [-0.4, -0.2) is 40.5 Å². The van der Waals surface area contributed by atoms with Gasteiger partial charge >= 0.3 is 0 Å². The molecule has 0 saturated carbocycles. The van der Waals surface area contributed by atoms with Crippen LogP contribution < -0.4 is 4.90 Å². The maximum absolute atomic E-state index is 10.1. The van der Waals surface area contributed by atoms with Crippen molar-refractivity contribution in [3.63, 3.8) is 0 Å². The Bertz CT molecular complexity index is 1770. The summed E-state index contributed by atoms with van der Waals surface area (Å²) in [4.78, 5) is 9.79. The zero-order valence-electron chi connectivity index (χ0n) is 22.4. The fourth-order valence-corrected chi connectivity index (χ4v) is 6.33. The number of aromatic nitrogens is 2. The predicted molar refractivity (Wildman–Crippen MR) is 160 cm³/mol. The molecule has 1 atom stereocenters. The van der Waals surface area contributed by atoms with Gasteiger partial charge in [0.05, 0.1) is 28.7 Å². The van der Waals surface area contributed by atoms with Crippen molar-refractivity contribution in [2.75, 3.05) is 31.1 Å². The lowest BCUT2D eigenvalue weighted by molar-refractivity contribution is 0.212. The third kappa shape index (κ3) is 4.46. The largest absolute Gasteiger partial charge is 0.355 e. The number of pyridine rings is 1. The molecule has 0 spiro atoms. The summed E-state index contributed by atoms with van der Waals surface area (Å²) in [6.07, 6.45) is 0.973. The summed E-state index contributed by atoms with van der Waals surface area (Å²) in [5, 5.41) is 20.4. The van der Waals surface area contributed by atoms with Gasteiger partial charge in [0.1, 0.15) is 11.9 Å². The van der Waals surface area contributed by atoms with Gasteiger partial charge in [-0.2, -0.15) is 10.5 Å². The highest BCUT2D eigenvalue weighted by molar-refractivity contribution is 6.31. The zero-order chi connectivity index (χ0) is 27.6. The molecular weight excluding hydrogens is 516 g/mol. The van der Waals surface area contributed by atoms with E-state index in [-0.39, 0.29) is 6.04 Å². The minimum atomic E-state index is 0.0481. The first-order chi connectivity index (χ1) is 19.6. The van der Waals surface area contributed by atoms with Gasteiger partial charge in [-0.3, -0.25) is 9.30 Å². The van der Waals surface area contributed by atoms with Crippen molar-refractivity contribution in [3.05, 3.63) is 112 Å². The van der Waals surface area contributed by atoms with Crippen molar-refractivity contribution in [3.8, 4) is 12.1 Å². The molecule has 1 aliphatic rings. The van der Waals surface area contributed by atoms with Gasteiger partial charge in [0.15, 0.2) is 5.65 Å². The van der Waals surface area contributed by atoms with E-state index < -0.39 is 0 Å². The number of para-hydroxylation sites is 2. The molecule has 1 fully saturated rings. The fraction of sp³-hybridized carbons (Fsp3) is 0.242. The van der Waals surface area contributed by atoms with E-state index in [0.29, 0.717) is 24.1 Å². The Hall–Kier alpha value is -4.36. The molecule has 3 aromatic carbocycles. The highest BCUT2D eigenvalue weighted by atomic mass is 35.5. The van der Waals surface area contributed by atoms with Crippen molar-refractivity contribution in [2.24, 2.45) is 0 Å². The Morgan fingerprint density at radius 2 is 1.60 bits per heavy atom. The van der Waals surface area contributed by atoms with Gasteiger partial charge in [0.25, 0.3) is 0 Å². The maximum Gasteiger partial charge on any atom is 0.157 e. The lowest BCUT2D eigenvalue weighted by Gasteiger charge is -2.41. The number of rotatable bonds is 6. The first kappa shape index (κ1) is 25.9. The van der Waals surface area contributed by atoms with Crippen molar-refractivity contribution < 1.29 is 0 Å². The van der Waals surface area contributed by atoms with E-state index in [1.54, 1.807) is 0 Å². The molecule has 3 heterocycles. The van der Waals surface area contributed by atoms with Crippen LogP contribution in [0.5, 0.6) is 0 Å². The zero-order valence-corrected chi connectivity index (χ0v) is 23.1. The number of nitriles is 2. The van der Waals surface area contributed by atoms with Gasteiger partial charge in [-0.1, -0.05) is 72.3 Å². The van der Waals surface area contributed by atoms with E-state index in [4.69, 9.17) is 16.6 Å². The summed E-state index contributed by atoms with van der Waals surface area (Å²) in [5.74, 6) is 1.05. The number of piperazine rings is 1. The summed E-state index contributed by atoms with van der Waals surface area (Å²) < 4.78 is 2.14. The van der Waals surface area contributed by atoms with Gasteiger partial charge in [-0.15, -0.1) is 0 Å². The summed E-state index contributed by atoms with van der Waals surface area (Å²) in [6, 6.07) is 31.4. The normalized spacial score (nSPS) is 14.8. The van der Waals surface area contributed by atoms with Gasteiger partial charge < -0.3 is 4.90 Å². The molecule has 1 saturated heterocycles. The maximum atomic E-state index is 10.1. The minimum Gasteiger partial charge on any atom is -0.355 e. The molecular formula is C33H29ClN6. The molecule has 6 nitrogen and oxygen atoms in total. The summed E-state index contributed by atoms with van der Waals surface area (Å²) in [5.41, 5.74) is 7.38. The number of hydrogen-bond acceptors (Lipinski definition) is 5. The first-order valence-electron chi connectivity index (χ1n) is 13.6. The number of imidazole rings is 1. The number of halogens is 1. The number of anilines is 1. The van der Waals surface area contributed by atoms with Crippen LogP contribution in [0.25, 0.3) is 16.7 Å². The van der Waals surface area contributed by atoms with Crippen LogP contribution in [-0.2, 0) is 6.42 Å². The lowest BCUT2D eigenvalue weighted by Crippen LogP contribution is -2.48. The van der Waals surface area contributed by atoms with Crippen LogP contribution in [0.15, 0.2) is 78.9 Å². The molecule has 0 N–H and O–H groups in total. The van der Waals surface area contributed by atoms with Crippen LogP contribution >= 0.6 is 11.6 Å². The van der Waals surface area contributed by atoms with Gasteiger partial charge in [-0.25, -0.2) is 4.98 Å². The SMILES string of the molecule is Cc1c(CCC#N)c(N2CCN([C@H](c3ccccc3)c3ccccc3Cl)CC2)n2c(nc3ccccc32)c1C#N. The molecule has 5 aromatic rings. The van der Waals surface area contributed by atoms with E-state index in [2.05, 4.69) is 68.8 Å². The van der Waals surface area contributed by atoms with E-state index in [9.17, 15) is 10.5 Å². The Morgan fingerprint density at radius 3 is 2.33 bits per heavy atom. The molecule has 0 bridgehead atoms. The van der Waals surface area contributed by atoms with Crippen molar-refractivity contribution in [1.29, 1.82) is 10.5 Å². The molecule has 0 aliphatic carbocycles. The Labute approximate surface area is 239 Å². The lowest BCUT2D eigenvalue weighted by atomic mass is 9.96. The summed E-state index contributed by atoms with van der Waals surface area (Å²) in [6.45, 7) is 5.24. The van der Waals surface area contributed by atoms with Gasteiger partial charge in [0, 0.05) is 37.6 Å². The monoisotopic (exact) mass is 544 g/mol. The van der Waals surface area contributed by atoms with Gasteiger partial charge in [0.2, 0.25) is 0 Å². The Kier molecular flexibility index (Phi) is 7.13. The highest BCUT2D eigenvalue weighted by Gasteiger charge is 2.31. The number of hydrogen-bond donors (Lipinski definition) is 0. The Morgan fingerprint density at radius 1 is 0.900 bits per heavy atom. The van der Waals surface area contributed by atoms with E-state index in [1.165, 1.54) is 5.56 Å². The molecule has 2 aromatic heterocycles. The predicted octanol–water partition coefficient (Wildman–Crippen LogP) is 6.69. The second-order valence-corrected chi connectivity index (χ2v) is 10.6. The summed E-state index contributed by atoms with van der Waals surface area (Å²) >= 11 is 6.74. The fourth-order valence-electron chi connectivity index (χ4n) is 6.09. The van der Waals surface area contributed by atoms with Crippen LogP contribution in [0.1, 0.15) is 40.3 Å². The second kappa shape index (κ2) is 11.0. The first-order valence-corrected chi connectivity index (χ1v) is 14.0. The van der Waals surface area contributed by atoms with E-state index in [1.807, 2.05) is 43.3 Å². The van der Waals surface area contributed by atoms with Crippen LogP contribution in [0.4, 0.5) is 5.82 Å². The Balaban J connectivity index is 1.43. The van der Waals surface area contributed by atoms with Gasteiger partial charge in [-0.05, 0) is 53.8 Å². The topological polar surface area (TPSA) is 71.4 Å². The van der Waals surface area contributed by atoms with E-state index >= 15 is 0 Å². The molecule has 0 radical (unpaired) electrons. The standard InChI is InChI=1S/C33H29ClN6/c1-23-25(13-9-17-35)33(40-30-16-8-7-15-29(30)37-32(40)27(23)22-36)39-20-18-38(19-21-39)31(24-10-3-2-4-11-24)26-12-5-6-14-28(26)34/h2-8,10-12,14-16,31H,9,13,18-21H2,1H3/t31-/m1/s1. The van der Waals surface area contributed by atoms with Crippen LogP contribution in [0, 0.1) is 29.6 Å². The third-order valence-electron chi connectivity index (χ3n) is 7.99. The number of nitrogens with zero attached hydrogens (tertiary/aromatic N) is 6. The third-order valence-corrected chi connectivity index (χ3v) is 8.33. The molecule has 0 unspecified atom stereocenters. The number of benzene rings is 3. The molecule has 7 heteroatoms. The molecule has 198 valence electrons. The average Bonchev–Trinajstić information content (AvgIpc) is 3.37. The smallest absolute Gasteiger partial charge is 0.157 e. The number of fused-ring (bicyclic) bond motifs is 3. The molecule has 6 rings (SSSR count). The minimum absolute atomic E-state index is 0.0481. The van der Waals surface area contributed by atoms with Crippen molar-refractivity contribution >= 4 is 34.1 Å². The molecule has 1 aliphatic heterocycles. The van der Waals surface area contributed by atoms with Crippen molar-refractivity contribution in [1.82, 2.24) is 14.3 Å². The van der Waals surface area contributed by atoms with Crippen molar-refractivity contribution in [2.45, 2.75) is 25.8 Å². The molecule has 40 heavy (non-hydrogen) atoms. The summed E-state index contributed by atoms with van der Waals surface area (Å²) in [7, 11) is 0.